The lowest BCUT2D eigenvalue weighted by molar-refractivity contribution is -0.131. The Labute approximate surface area is 151 Å². The first-order chi connectivity index (χ1) is 12.1. The molecule has 1 N–H and O–H groups in total. The fourth-order valence-corrected chi connectivity index (χ4v) is 3.24. The average Bonchev–Trinajstić information content (AvgIpc) is 3.44. The molecule has 0 unspecified atom stereocenters. The van der Waals surface area contributed by atoms with Crippen molar-refractivity contribution in [3.05, 3.63) is 29.8 Å². The van der Waals surface area contributed by atoms with Crippen LogP contribution in [0.15, 0.2) is 24.3 Å². The summed E-state index contributed by atoms with van der Waals surface area (Å²) in [5, 5.41) is 3.67. The van der Waals surface area contributed by atoms with E-state index < -0.39 is 0 Å². The second-order valence-electron chi connectivity index (χ2n) is 8.03. The van der Waals surface area contributed by atoms with E-state index in [0.29, 0.717) is 18.4 Å². The van der Waals surface area contributed by atoms with Crippen molar-refractivity contribution >= 4 is 5.91 Å². The molecule has 25 heavy (non-hydrogen) atoms. The lowest BCUT2D eigenvalue weighted by Gasteiger charge is -2.32. The highest BCUT2D eigenvalue weighted by atomic mass is 16.5. The van der Waals surface area contributed by atoms with E-state index in [1.54, 1.807) is 0 Å². The van der Waals surface area contributed by atoms with E-state index in [9.17, 15) is 4.79 Å². The summed E-state index contributed by atoms with van der Waals surface area (Å²) in [4.78, 5) is 14.6. The molecule has 2 fully saturated rings. The van der Waals surface area contributed by atoms with Gasteiger partial charge in [0.1, 0.15) is 5.75 Å². The van der Waals surface area contributed by atoms with Crippen LogP contribution < -0.4 is 10.1 Å². The molecule has 4 nitrogen and oxygen atoms in total. The van der Waals surface area contributed by atoms with Gasteiger partial charge in [-0.1, -0.05) is 26.0 Å². The monoisotopic (exact) mass is 344 g/mol. The third-order valence-electron chi connectivity index (χ3n) is 5.10. The van der Waals surface area contributed by atoms with Crippen molar-refractivity contribution < 1.29 is 9.53 Å². The van der Waals surface area contributed by atoms with Crippen LogP contribution in [0.1, 0.15) is 45.1 Å². The first-order valence-corrected chi connectivity index (χ1v) is 9.83. The standard InChI is InChI=1S/C21H32N2O2/c1-16(2)15-25-20-7-5-17(6-8-20)13-21(24)23-11-9-19(10-12-23)22-14-18-3-4-18/h5-8,16,18-19,22H,3-4,9-15H2,1-2H3. The van der Waals surface area contributed by atoms with Crippen molar-refractivity contribution in [1.82, 2.24) is 10.2 Å². The lowest BCUT2D eigenvalue weighted by atomic mass is 10.0. The maximum Gasteiger partial charge on any atom is 0.226 e. The van der Waals surface area contributed by atoms with Gasteiger partial charge in [-0.3, -0.25) is 4.79 Å². The van der Waals surface area contributed by atoms with Crippen LogP contribution >= 0.6 is 0 Å². The molecule has 0 radical (unpaired) electrons. The fourth-order valence-electron chi connectivity index (χ4n) is 3.24. The van der Waals surface area contributed by atoms with E-state index in [1.807, 2.05) is 29.2 Å². The van der Waals surface area contributed by atoms with Crippen molar-refractivity contribution in [2.45, 2.75) is 52.0 Å². The Kier molecular flexibility index (Phi) is 6.35. The summed E-state index contributed by atoms with van der Waals surface area (Å²) in [6.45, 7) is 7.94. The molecule has 1 heterocycles. The van der Waals surface area contributed by atoms with Crippen molar-refractivity contribution in [1.29, 1.82) is 0 Å². The number of nitrogens with one attached hydrogen (secondary N) is 1. The van der Waals surface area contributed by atoms with Crippen LogP contribution in [0.5, 0.6) is 5.75 Å². The topological polar surface area (TPSA) is 41.6 Å². The highest BCUT2D eigenvalue weighted by molar-refractivity contribution is 5.78. The molecule has 2 aliphatic rings. The van der Waals surface area contributed by atoms with Crippen LogP contribution in [0, 0.1) is 11.8 Å². The Bertz CT molecular complexity index is 544. The zero-order valence-electron chi connectivity index (χ0n) is 15.7. The molecule has 0 spiro atoms. The number of amides is 1. The number of piperidine rings is 1. The number of hydrogen-bond donors (Lipinski definition) is 1. The van der Waals surface area contributed by atoms with Crippen LogP contribution in [0.2, 0.25) is 0 Å². The quantitative estimate of drug-likeness (QED) is 0.787. The van der Waals surface area contributed by atoms with Crippen LogP contribution in [0.4, 0.5) is 0 Å². The molecule has 4 heteroatoms. The van der Waals surface area contributed by atoms with Gasteiger partial charge < -0.3 is 15.0 Å². The second kappa shape index (κ2) is 8.70. The second-order valence-corrected chi connectivity index (χ2v) is 8.03. The number of carbonyl (C=O) groups excluding carboxylic acids is 1. The number of benzene rings is 1. The first-order valence-electron chi connectivity index (χ1n) is 9.83. The van der Waals surface area contributed by atoms with Gasteiger partial charge in [0.15, 0.2) is 0 Å². The van der Waals surface area contributed by atoms with Crippen LogP contribution in [0.3, 0.4) is 0 Å². The van der Waals surface area contributed by atoms with E-state index in [0.717, 1.165) is 49.8 Å². The highest BCUT2D eigenvalue weighted by Crippen LogP contribution is 2.28. The molecular formula is C21H32N2O2. The van der Waals surface area contributed by atoms with E-state index >= 15 is 0 Å². The minimum Gasteiger partial charge on any atom is -0.493 e. The lowest BCUT2D eigenvalue weighted by Crippen LogP contribution is -2.45. The van der Waals surface area contributed by atoms with Crippen molar-refractivity contribution in [2.24, 2.45) is 11.8 Å². The zero-order valence-corrected chi connectivity index (χ0v) is 15.7. The smallest absolute Gasteiger partial charge is 0.226 e. The first kappa shape index (κ1) is 18.2. The summed E-state index contributed by atoms with van der Waals surface area (Å²) in [6, 6.07) is 8.56. The number of hydrogen-bond acceptors (Lipinski definition) is 3. The summed E-state index contributed by atoms with van der Waals surface area (Å²) in [5.41, 5.74) is 1.07. The number of ether oxygens (including phenoxy) is 1. The van der Waals surface area contributed by atoms with E-state index in [4.69, 9.17) is 4.74 Å². The van der Waals surface area contributed by atoms with Gasteiger partial charge in [0, 0.05) is 19.1 Å². The normalized spacial score (nSPS) is 18.6. The average molecular weight is 344 g/mol. The van der Waals surface area contributed by atoms with E-state index in [1.165, 1.54) is 19.4 Å². The molecule has 0 bridgehead atoms. The van der Waals surface area contributed by atoms with Crippen molar-refractivity contribution in [2.75, 3.05) is 26.2 Å². The van der Waals surface area contributed by atoms with Gasteiger partial charge in [-0.25, -0.2) is 0 Å². The Morgan fingerprint density at radius 3 is 2.44 bits per heavy atom. The molecule has 1 aromatic rings. The van der Waals surface area contributed by atoms with Gasteiger partial charge >= 0.3 is 0 Å². The highest BCUT2D eigenvalue weighted by Gasteiger charge is 2.25. The molecule has 3 rings (SSSR count). The molecule has 1 aliphatic carbocycles. The molecule has 1 saturated carbocycles. The SMILES string of the molecule is CC(C)COc1ccc(CC(=O)N2CCC(NCC3CC3)CC2)cc1. The van der Waals surface area contributed by atoms with Gasteiger partial charge in [-0.2, -0.15) is 0 Å². The van der Waals surface area contributed by atoms with Gasteiger partial charge in [0.05, 0.1) is 13.0 Å². The van der Waals surface area contributed by atoms with Crippen LogP contribution in [-0.2, 0) is 11.2 Å². The van der Waals surface area contributed by atoms with Gasteiger partial charge in [0.25, 0.3) is 0 Å². The molecule has 1 aromatic carbocycles. The minimum atomic E-state index is 0.247. The summed E-state index contributed by atoms with van der Waals surface area (Å²) in [5.74, 6) is 2.57. The predicted octanol–water partition coefficient (Wildman–Crippen LogP) is 3.25. The third-order valence-corrected chi connectivity index (χ3v) is 5.10. The number of rotatable bonds is 8. The van der Waals surface area contributed by atoms with E-state index in [2.05, 4.69) is 19.2 Å². The number of likely N-dealkylation sites (tertiary alicyclic amines) is 1. The minimum absolute atomic E-state index is 0.247. The maximum atomic E-state index is 12.5. The van der Waals surface area contributed by atoms with Crippen molar-refractivity contribution in [3.63, 3.8) is 0 Å². The summed E-state index contributed by atoms with van der Waals surface area (Å²) in [7, 11) is 0. The molecule has 138 valence electrons. The Morgan fingerprint density at radius 1 is 1.16 bits per heavy atom. The number of nitrogens with zero attached hydrogens (tertiary/aromatic N) is 1. The van der Waals surface area contributed by atoms with Gasteiger partial charge in [0.2, 0.25) is 5.91 Å². The summed E-state index contributed by atoms with van der Waals surface area (Å²) >= 11 is 0. The number of carbonyl (C=O) groups is 1. The van der Waals surface area contributed by atoms with Gasteiger partial charge in [-0.15, -0.1) is 0 Å². The summed E-state index contributed by atoms with van der Waals surface area (Å²) in [6.07, 6.45) is 5.45. The molecule has 0 atom stereocenters. The maximum absolute atomic E-state index is 12.5. The zero-order chi connectivity index (χ0) is 17.6. The molecular weight excluding hydrogens is 312 g/mol. The Balaban J connectivity index is 1.39. The van der Waals surface area contributed by atoms with Gasteiger partial charge in [-0.05, 0) is 61.8 Å². The molecule has 0 aromatic heterocycles. The fraction of sp³-hybridized carbons (Fsp3) is 0.667. The molecule has 1 amide bonds. The van der Waals surface area contributed by atoms with E-state index in [-0.39, 0.29) is 5.91 Å². The Morgan fingerprint density at radius 2 is 1.84 bits per heavy atom. The molecule has 1 saturated heterocycles. The van der Waals surface area contributed by atoms with Crippen LogP contribution in [-0.4, -0.2) is 43.1 Å². The largest absolute Gasteiger partial charge is 0.493 e. The van der Waals surface area contributed by atoms with Crippen molar-refractivity contribution in [3.8, 4) is 5.75 Å². The predicted molar refractivity (Wildman–Crippen MR) is 101 cm³/mol. The third kappa shape index (κ3) is 6.03. The summed E-state index contributed by atoms with van der Waals surface area (Å²) < 4.78 is 5.70. The molecule has 1 aliphatic heterocycles. The van der Waals surface area contributed by atoms with Crippen LogP contribution in [0.25, 0.3) is 0 Å². The Hall–Kier alpha value is -1.55.